The summed E-state index contributed by atoms with van der Waals surface area (Å²) >= 11 is 0. The third kappa shape index (κ3) is 4.46. The van der Waals surface area contributed by atoms with Crippen LogP contribution in [-0.2, 0) is 16.0 Å². The minimum atomic E-state index is -0.0438. The Morgan fingerprint density at radius 3 is 2.83 bits per heavy atom. The number of nitrogens with zero attached hydrogens (tertiary/aromatic N) is 3. The van der Waals surface area contributed by atoms with Crippen LogP contribution in [0.25, 0.3) is 10.9 Å². The average molecular weight is 392 g/mol. The van der Waals surface area contributed by atoms with Crippen molar-refractivity contribution >= 4 is 28.3 Å². The van der Waals surface area contributed by atoms with Crippen LogP contribution >= 0.6 is 0 Å². The van der Waals surface area contributed by atoms with E-state index in [-0.39, 0.29) is 5.91 Å². The minimum absolute atomic E-state index is 0.0438. The summed E-state index contributed by atoms with van der Waals surface area (Å²) in [6, 6.07) is 13.5. The Hall–Kier alpha value is -3.19. The Bertz CT molecular complexity index is 1000. The molecule has 0 radical (unpaired) electrons. The first-order chi connectivity index (χ1) is 14.2. The van der Waals surface area contributed by atoms with E-state index in [1.165, 1.54) is 0 Å². The Morgan fingerprint density at radius 1 is 1.17 bits per heavy atom. The van der Waals surface area contributed by atoms with Gasteiger partial charge in [-0.15, -0.1) is 0 Å². The molecule has 0 unspecified atom stereocenters. The van der Waals surface area contributed by atoms with E-state index in [0.717, 1.165) is 46.8 Å². The molecular formula is C22H24N4O3. The highest BCUT2D eigenvalue weighted by Crippen LogP contribution is 2.26. The van der Waals surface area contributed by atoms with E-state index in [1.54, 1.807) is 13.4 Å². The molecule has 0 saturated carbocycles. The molecule has 150 valence electrons. The van der Waals surface area contributed by atoms with Crippen LogP contribution in [0.15, 0.2) is 48.8 Å². The van der Waals surface area contributed by atoms with Gasteiger partial charge in [0.1, 0.15) is 17.9 Å². The molecule has 0 aliphatic carbocycles. The highest BCUT2D eigenvalue weighted by atomic mass is 16.5. The number of methoxy groups -OCH3 is 1. The van der Waals surface area contributed by atoms with E-state index in [9.17, 15) is 4.79 Å². The van der Waals surface area contributed by atoms with Crippen molar-refractivity contribution in [3.63, 3.8) is 0 Å². The van der Waals surface area contributed by atoms with Crippen molar-refractivity contribution in [3.8, 4) is 5.75 Å². The molecular weight excluding hydrogens is 368 g/mol. The first-order valence-corrected chi connectivity index (χ1v) is 9.74. The average Bonchev–Trinajstić information content (AvgIpc) is 2.78. The van der Waals surface area contributed by atoms with Crippen LogP contribution in [0.2, 0.25) is 0 Å². The summed E-state index contributed by atoms with van der Waals surface area (Å²) in [6.45, 7) is 3.03. The largest absolute Gasteiger partial charge is 0.496 e. The minimum Gasteiger partial charge on any atom is -0.496 e. The summed E-state index contributed by atoms with van der Waals surface area (Å²) in [5, 5.41) is 3.94. The SMILES string of the molecule is COc1ccccc1CCC(=O)Nc1ccc2c(N3CCOCC3)ncnc2c1. The molecule has 1 amide bonds. The van der Waals surface area contributed by atoms with Crippen molar-refractivity contribution in [3.05, 3.63) is 54.4 Å². The second kappa shape index (κ2) is 8.87. The van der Waals surface area contributed by atoms with E-state index in [4.69, 9.17) is 9.47 Å². The maximum Gasteiger partial charge on any atom is 0.224 e. The topological polar surface area (TPSA) is 76.6 Å². The van der Waals surface area contributed by atoms with Gasteiger partial charge in [0.2, 0.25) is 5.91 Å². The Balaban J connectivity index is 1.45. The number of aryl methyl sites for hydroxylation is 1. The Morgan fingerprint density at radius 2 is 2.00 bits per heavy atom. The molecule has 7 nitrogen and oxygen atoms in total. The lowest BCUT2D eigenvalue weighted by atomic mass is 10.1. The van der Waals surface area contributed by atoms with E-state index in [0.29, 0.717) is 26.1 Å². The van der Waals surface area contributed by atoms with Gasteiger partial charge in [0.05, 0.1) is 25.8 Å². The number of rotatable bonds is 6. The zero-order chi connectivity index (χ0) is 20.1. The monoisotopic (exact) mass is 392 g/mol. The van der Waals surface area contributed by atoms with E-state index in [2.05, 4.69) is 20.2 Å². The number of aromatic nitrogens is 2. The molecule has 2 heterocycles. The fraction of sp³-hybridized carbons (Fsp3) is 0.318. The lowest BCUT2D eigenvalue weighted by Crippen LogP contribution is -2.36. The van der Waals surface area contributed by atoms with Crippen LogP contribution in [0.1, 0.15) is 12.0 Å². The number of nitrogens with one attached hydrogen (secondary N) is 1. The van der Waals surface area contributed by atoms with Crippen LogP contribution in [-0.4, -0.2) is 49.3 Å². The normalized spacial score (nSPS) is 14.0. The number of para-hydroxylation sites is 1. The predicted molar refractivity (Wildman–Crippen MR) is 113 cm³/mol. The lowest BCUT2D eigenvalue weighted by Gasteiger charge is -2.28. The van der Waals surface area contributed by atoms with Crippen LogP contribution in [0.3, 0.4) is 0 Å². The third-order valence-corrected chi connectivity index (χ3v) is 5.02. The van der Waals surface area contributed by atoms with E-state index >= 15 is 0 Å². The standard InChI is InChI=1S/C22H24N4O3/c1-28-20-5-3-2-4-16(20)6-9-21(27)25-17-7-8-18-19(14-17)23-15-24-22(18)26-10-12-29-13-11-26/h2-5,7-8,14-15H,6,9-13H2,1H3,(H,25,27). The number of hydrogen-bond donors (Lipinski definition) is 1. The summed E-state index contributed by atoms with van der Waals surface area (Å²) in [5.74, 6) is 1.67. The number of amides is 1. The molecule has 1 aromatic heterocycles. The maximum absolute atomic E-state index is 12.4. The molecule has 3 aromatic rings. The molecule has 7 heteroatoms. The van der Waals surface area contributed by atoms with Crippen molar-refractivity contribution < 1.29 is 14.3 Å². The van der Waals surface area contributed by atoms with Gasteiger partial charge in [-0.3, -0.25) is 4.79 Å². The van der Waals surface area contributed by atoms with Crippen molar-refractivity contribution in [2.45, 2.75) is 12.8 Å². The molecule has 1 saturated heterocycles. The molecule has 1 aliphatic rings. The van der Waals surface area contributed by atoms with Gasteiger partial charge in [0.25, 0.3) is 0 Å². The molecule has 4 rings (SSSR count). The fourth-order valence-electron chi connectivity index (χ4n) is 3.53. The van der Waals surface area contributed by atoms with Crippen LogP contribution in [0.4, 0.5) is 11.5 Å². The molecule has 2 aromatic carbocycles. The summed E-state index contributed by atoms with van der Waals surface area (Å²) in [7, 11) is 1.64. The van der Waals surface area contributed by atoms with Gasteiger partial charge in [-0.05, 0) is 36.2 Å². The summed E-state index contributed by atoms with van der Waals surface area (Å²) < 4.78 is 10.8. The van der Waals surface area contributed by atoms with Gasteiger partial charge >= 0.3 is 0 Å². The molecule has 0 bridgehead atoms. The fourth-order valence-corrected chi connectivity index (χ4v) is 3.53. The number of benzene rings is 2. The van der Waals surface area contributed by atoms with Crippen LogP contribution < -0.4 is 15.0 Å². The lowest BCUT2D eigenvalue weighted by molar-refractivity contribution is -0.116. The number of carbonyl (C=O) groups excluding carboxylic acids is 1. The van der Waals surface area contributed by atoms with Crippen molar-refractivity contribution in [1.82, 2.24) is 9.97 Å². The second-order valence-corrected chi connectivity index (χ2v) is 6.89. The van der Waals surface area contributed by atoms with Gasteiger partial charge in [-0.2, -0.15) is 0 Å². The van der Waals surface area contributed by atoms with Gasteiger partial charge in [-0.1, -0.05) is 18.2 Å². The number of hydrogen-bond acceptors (Lipinski definition) is 6. The highest BCUT2D eigenvalue weighted by Gasteiger charge is 2.16. The van der Waals surface area contributed by atoms with Gasteiger partial charge in [0.15, 0.2) is 0 Å². The number of fused-ring (bicyclic) bond motifs is 1. The zero-order valence-electron chi connectivity index (χ0n) is 16.4. The predicted octanol–water partition coefficient (Wildman–Crippen LogP) is 3.05. The third-order valence-electron chi connectivity index (χ3n) is 5.02. The molecule has 0 spiro atoms. The molecule has 29 heavy (non-hydrogen) atoms. The van der Waals surface area contributed by atoms with E-state index < -0.39 is 0 Å². The zero-order valence-corrected chi connectivity index (χ0v) is 16.4. The summed E-state index contributed by atoms with van der Waals surface area (Å²) in [4.78, 5) is 23.5. The summed E-state index contributed by atoms with van der Waals surface area (Å²) in [6.07, 6.45) is 2.56. The maximum atomic E-state index is 12.4. The molecule has 1 aliphatic heterocycles. The Kier molecular flexibility index (Phi) is 5.86. The molecule has 1 fully saturated rings. The van der Waals surface area contributed by atoms with Gasteiger partial charge < -0.3 is 19.7 Å². The van der Waals surface area contributed by atoms with Gasteiger partial charge in [0, 0.05) is 30.6 Å². The quantitative estimate of drug-likeness (QED) is 0.695. The molecule has 0 atom stereocenters. The van der Waals surface area contributed by atoms with Crippen molar-refractivity contribution in [2.75, 3.05) is 43.6 Å². The first-order valence-electron chi connectivity index (χ1n) is 9.74. The summed E-state index contributed by atoms with van der Waals surface area (Å²) in [5.41, 5.74) is 2.56. The number of anilines is 2. The van der Waals surface area contributed by atoms with Gasteiger partial charge in [-0.25, -0.2) is 9.97 Å². The Labute approximate surface area is 169 Å². The van der Waals surface area contributed by atoms with Crippen LogP contribution in [0, 0.1) is 0 Å². The second-order valence-electron chi connectivity index (χ2n) is 6.89. The van der Waals surface area contributed by atoms with E-state index in [1.807, 2.05) is 42.5 Å². The number of morpholine rings is 1. The van der Waals surface area contributed by atoms with Crippen LogP contribution in [0.5, 0.6) is 5.75 Å². The van der Waals surface area contributed by atoms with Crippen molar-refractivity contribution in [1.29, 1.82) is 0 Å². The highest BCUT2D eigenvalue weighted by molar-refractivity contribution is 5.96. The molecule has 1 N–H and O–H groups in total. The number of carbonyl (C=O) groups is 1. The number of ether oxygens (including phenoxy) is 2. The van der Waals surface area contributed by atoms with Crippen molar-refractivity contribution in [2.24, 2.45) is 0 Å². The smallest absolute Gasteiger partial charge is 0.224 e. The first kappa shape index (κ1) is 19.1.